The fraction of sp³-hybridized carbons (Fsp3) is 0.806. The molecule has 0 saturated heterocycles. The summed E-state index contributed by atoms with van der Waals surface area (Å²) in [4.78, 5) is 12.4. The van der Waals surface area contributed by atoms with Crippen molar-refractivity contribution in [2.45, 2.75) is 149 Å². The number of carbonyl (C=O) groups excluding carboxylic acids is 1. The van der Waals surface area contributed by atoms with Crippen molar-refractivity contribution < 1.29 is 14.6 Å². The van der Waals surface area contributed by atoms with Gasteiger partial charge in [0, 0.05) is 13.0 Å². The lowest BCUT2D eigenvalue weighted by atomic mass is 9.60. The van der Waals surface area contributed by atoms with Crippen molar-refractivity contribution in [2.75, 3.05) is 13.1 Å². The molecule has 5 atom stereocenters. The maximum absolute atomic E-state index is 12.4. The second kappa shape index (κ2) is 16.3. The fourth-order valence-electron chi connectivity index (χ4n) is 8.11. The van der Waals surface area contributed by atoms with Gasteiger partial charge in [0.2, 0.25) is 0 Å². The van der Waals surface area contributed by atoms with Gasteiger partial charge in [-0.2, -0.15) is 0 Å². The van der Waals surface area contributed by atoms with Gasteiger partial charge in [-0.15, -0.1) is 0 Å². The van der Waals surface area contributed by atoms with E-state index in [1.165, 1.54) is 68.9 Å². The molecule has 3 rings (SSSR count). The number of fused-ring (bicyclic) bond motifs is 1. The van der Waals surface area contributed by atoms with Crippen molar-refractivity contribution in [1.82, 2.24) is 5.32 Å². The van der Waals surface area contributed by atoms with E-state index in [2.05, 4.69) is 37.9 Å². The smallest absolute Gasteiger partial charge is 0.407 e. The van der Waals surface area contributed by atoms with Crippen LogP contribution in [0, 0.1) is 23.2 Å². The number of hydrogen-bond donors (Lipinski definition) is 3. The predicted molar refractivity (Wildman–Crippen MR) is 172 cm³/mol. The Balaban J connectivity index is 1.50. The molecule has 5 heteroatoms. The lowest BCUT2D eigenvalue weighted by Crippen LogP contribution is -2.36. The van der Waals surface area contributed by atoms with E-state index in [1.807, 2.05) is 13.8 Å². The summed E-state index contributed by atoms with van der Waals surface area (Å²) in [5.74, 6) is 2.14. The van der Waals surface area contributed by atoms with Crippen molar-refractivity contribution >= 4 is 6.09 Å². The Bertz CT molecular complexity index is 901. The monoisotopic (exact) mass is 570 g/mol. The zero-order valence-electron chi connectivity index (χ0n) is 26.9. The van der Waals surface area contributed by atoms with Gasteiger partial charge >= 0.3 is 6.09 Å². The third-order valence-corrected chi connectivity index (χ3v) is 10.5. The van der Waals surface area contributed by atoms with Crippen LogP contribution in [-0.4, -0.2) is 36.0 Å². The minimum Gasteiger partial charge on any atom is -0.446 e. The second-order valence-electron chi connectivity index (χ2n) is 14.4. The number of alkyl carbamates (subject to hydrolysis) is 1. The standard InChI is InChI=1S/C36H62N2O3/c1-27-16-19-31(41-34(39)38-25-11-9-7-6-8-10-24-37)26-30(27)18-17-29-15-13-23-36(5)32(20-21-33(29)36)28(2)14-12-22-35(3,4)40/h17-18,28,31-33,40H,1,6-16,19-26,37H2,2-5H3,(H,38,39). The summed E-state index contributed by atoms with van der Waals surface area (Å²) in [5, 5.41) is 13.1. The van der Waals surface area contributed by atoms with Crippen molar-refractivity contribution in [3.63, 3.8) is 0 Å². The Labute approximate surface area is 251 Å². The van der Waals surface area contributed by atoms with Gasteiger partial charge in [-0.05, 0) is 113 Å². The Kier molecular flexibility index (Phi) is 13.5. The second-order valence-corrected chi connectivity index (χ2v) is 14.4. The average molecular weight is 571 g/mol. The molecule has 5 unspecified atom stereocenters. The molecule has 41 heavy (non-hydrogen) atoms. The van der Waals surface area contributed by atoms with Crippen LogP contribution in [0.5, 0.6) is 0 Å². The van der Waals surface area contributed by atoms with Gasteiger partial charge in [-0.3, -0.25) is 0 Å². The van der Waals surface area contributed by atoms with Gasteiger partial charge in [0.1, 0.15) is 6.10 Å². The van der Waals surface area contributed by atoms with Gasteiger partial charge in [0.15, 0.2) is 0 Å². The number of aliphatic hydroxyl groups is 1. The van der Waals surface area contributed by atoms with Gasteiger partial charge in [0.05, 0.1) is 5.60 Å². The highest BCUT2D eigenvalue weighted by Gasteiger charge is 2.50. The SMILES string of the molecule is C=C1CCC(OC(=O)NCCCCCCCCN)CC1=CC=C1CCCC2(C)C1CCC2C(C)CCCC(C)(C)O. The first-order valence-electron chi connectivity index (χ1n) is 17.0. The Morgan fingerprint density at radius 1 is 1.12 bits per heavy atom. The largest absolute Gasteiger partial charge is 0.446 e. The summed E-state index contributed by atoms with van der Waals surface area (Å²) in [6, 6.07) is 0. The first-order chi connectivity index (χ1) is 19.5. The van der Waals surface area contributed by atoms with E-state index in [9.17, 15) is 9.90 Å². The molecule has 0 aromatic heterocycles. The maximum Gasteiger partial charge on any atom is 0.407 e. The molecule has 0 heterocycles. The highest BCUT2D eigenvalue weighted by molar-refractivity contribution is 5.67. The summed E-state index contributed by atoms with van der Waals surface area (Å²) in [7, 11) is 0. The lowest BCUT2D eigenvalue weighted by Gasteiger charge is -2.44. The molecule has 3 fully saturated rings. The van der Waals surface area contributed by atoms with Crippen LogP contribution in [0.4, 0.5) is 4.79 Å². The first-order valence-corrected chi connectivity index (χ1v) is 17.0. The molecule has 3 aliphatic rings. The molecular formula is C36H62N2O3. The van der Waals surface area contributed by atoms with Crippen LogP contribution in [0.3, 0.4) is 0 Å². The molecule has 1 amide bonds. The van der Waals surface area contributed by atoms with E-state index in [0.717, 1.165) is 63.8 Å². The summed E-state index contributed by atoms with van der Waals surface area (Å²) in [6.45, 7) is 14.7. The van der Waals surface area contributed by atoms with E-state index < -0.39 is 5.60 Å². The molecular weight excluding hydrogens is 508 g/mol. The van der Waals surface area contributed by atoms with Gasteiger partial charge in [-0.25, -0.2) is 4.79 Å². The molecule has 3 saturated carbocycles. The normalized spacial score (nSPS) is 29.5. The Hall–Kier alpha value is -1.59. The van der Waals surface area contributed by atoms with Crippen LogP contribution in [0.2, 0.25) is 0 Å². The third kappa shape index (κ3) is 10.6. The zero-order valence-corrected chi connectivity index (χ0v) is 26.9. The minimum atomic E-state index is -0.558. The number of rotatable bonds is 15. The number of carbonyl (C=O) groups is 1. The fourth-order valence-corrected chi connectivity index (χ4v) is 8.11. The van der Waals surface area contributed by atoms with Gasteiger partial charge in [0.25, 0.3) is 0 Å². The highest BCUT2D eigenvalue weighted by Crippen LogP contribution is 2.60. The van der Waals surface area contributed by atoms with Gasteiger partial charge in [-0.1, -0.05) is 82.2 Å². The van der Waals surface area contributed by atoms with Crippen molar-refractivity contribution in [1.29, 1.82) is 0 Å². The number of unbranched alkanes of at least 4 members (excludes halogenated alkanes) is 5. The maximum atomic E-state index is 12.4. The van der Waals surface area contributed by atoms with Crippen LogP contribution in [0.25, 0.3) is 0 Å². The van der Waals surface area contributed by atoms with E-state index in [0.29, 0.717) is 23.8 Å². The van der Waals surface area contributed by atoms with Crippen LogP contribution in [-0.2, 0) is 4.74 Å². The molecule has 234 valence electrons. The molecule has 5 nitrogen and oxygen atoms in total. The molecule has 0 radical (unpaired) electrons. The molecule has 0 aromatic rings. The minimum absolute atomic E-state index is 0.0707. The molecule has 3 aliphatic carbocycles. The van der Waals surface area contributed by atoms with E-state index >= 15 is 0 Å². The lowest BCUT2D eigenvalue weighted by molar-refractivity contribution is 0.0596. The molecule has 0 aliphatic heterocycles. The molecule has 0 bridgehead atoms. The number of ether oxygens (including phenoxy) is 1. The number of nitrogens with two attached hydrogens (primary N) is 1. The van der Waals surface area contributed by atoms with E-state index in [-0.39, 0.29) is 12.2 Å². The topological polar surface area (TPSA) is 84.6 Å². The molecule has 0 spiro atoms. The third-order valence-electron chi connectivity index (χ3n) is 10.5. The van der Waals surface area contributed by atoms with E-state index in [1.54, 1.807) is 5.57 Å². The van der Waals surface area contributed by atoms with E-state index in [4.69, 9.17) is 10.5 Å². The van der Waals surface area contributed by atoms with Crippen molar-refractivity contribution in [3.05, 3.63) is 35.5 Å². The Morgan fingerprint density at radius 3 is 2.59 bits per heavy atom. The summed E-state index contributed by atoms with van der Waals surface area (Å²) in [5.41, 5.74) is 9.44. The molecule has 0 aromatic carbocycles. The quantitative estimate of drug-likeness (QED) is 0.172. The molecule has 4 N–H and O–H groups in total. The average Bonchev–Trinajstić information content (AvgIpc) is 3.27. The Morgan fingerprint density at radius 2 is 1.85 bits per heavy atom. The van der Waals surface area contributed by atoms with Gasteiger partial charge < -0.3 is 20.9 Å². The highest BCUT2D eigenvalue weighted by atomic mass is 16.6. The van der Waals surface area contributed by atoms with Crippen molar-refractivity contribution in [3.8, 4) is 0 Å². The summed E-state index contributed by atoms with van der Waals surface area (Å²) >= 11 is 0. The predicted octanol–water partition coefficient (Wildman–Crippen LogP) is 8.77. The van der Waals surface area contributed by atoms with Crippen LogP contribution >= 0.6 is 0 Å². The number of hydrogen-bond acceptors (Lipinski definition) is 4. The number of amides is 1. The first kappa shape index (κ1) is 33.9. The summed E-state index contributed by atoms with van der Waals surface area (Å²) < 4.78 is 5.82. The van der Waals surface area contributed by atoms with Crippen LogP contribution in [0.15, 0.2) is 35.5 Å². The number of allylic oxidation sites excluding steroid dienone is 4. The van der Waals surface area contributed by atoms with Crippen LogP contribution in [0.1, 0.15) is 137 Å². The van der Waals surface area contributed by atoms with Crippen LogP contribution < -0.4 is 11.1 Å². The van der Waals surface area contributed by atoms with Crippen molar-refractivity contribution in [2.24, 2.45) is 28.9 Å². The zero-order chi connectivity index (χ0) is 29.9. The summed E-state index contributed by atoms with van der Waals surface area (Å²) in [6.07, 6.45) is 23.4. The number of nitrogens with one attached hydrogen (secondary N) is 1.